The molecule has 2 aromatic rings. The van der Waals surface area contributed by atoms with Crippen LogP contribution in [0.3, 0.4) is 0 Å². The van der Waals surface area contributed by atoms with Gasteiger partial charge in [0.2, 0.25) is 5.91 Å². The zero-order chi connectivity index (χ0) is 17.0. The van der Waals surface area contributed by atoms with E-state index in [1.54, 1.807) is 25.4 Å². The molecule has 0 fully saturated rings. The summed E-state index contributed by atoms with van der Waals surface area (Å²) in [5.74, 6) is -0.453. The van der Waals surface area contributed by atoms with Gasteiger partial charge in [-0.25, -0.2) is 0 Å². The molecule has 120 valence electrons. The Kier molecular flexibility index (Phi) is 5.11. The van der Waals surface area contributed by atoms with Crippen molar-refractivity contribution in [2.75, 3.05) is 18.9 Å². The number of aromatic nitrogens is 1. The van der Waals surface area contributed by atoms with Crippen LogP contribution in [0.5, 0.6) is 0 Å². The molecule has 0 radical (unpaired) electrons. The fourth-order valence-corrected chi connectivity index (χ4v) is 2.55. The second-order valence-corrected chi connectivity index (χ2v) is 5.72. The number of benzene rings is 1. The van der Waals surface area contributed by atoms with Crippen molar-refractivity contribution in [3.63, 3.8) is 0 Å². The Bertz CT molecular complexity index is 703. The van der Waals surface area contributed by atoms with E-state index in [9.17, 15) is 9.59 Å². The van der Waals surface area contributed by atoms with Crippen molar-refractivity contribution >= 4 is 17.5 Å². The maximum atomic E-state index is 12.2. The summed E-state index contributed by atoms with van der Waals surface area (Å²) in [5, 5.41) is 2.89. The van der Waals surface area contributed by atoms with Crippen molar-refractivity contribution in [1.82, 2.24) is 9.88 Å². The van der Waals surface area contributed by atoms with Crippen LogP contribution in [0.1, 0.15) is 27.0 Å². The van der Waals surface area contributed by atoms with E-state index in [1.807, 2.05) is 32.9 Å². The zero-order valence-corrected chi connectivity index (χ0v) is 13.9. The highest BCUT2D eigenvalue weighted by atomic mass is 16.2. The lowest BCUT2D eigenvalue weighted by molar-refractivity contribution is -0.116. The largest absolute Gasteiger partial charge is 0.332 e. The van der Waals surface area contributed by atoms with Crippen LogP contribution in [0, 0.1) is 20.8 Å². The monoisotopic (exact) mass is 311 g/mol. The van der Waals surface area contributed by atoms with Crippen molar-refractivity contribution in [2.24, 2.45) is 0 Å². The normalized spacial score (nSPS) is 10.3. The summed E-state index contributed by atoms with van der Waals surface area (Å²) in [5.41, 5.74) is 4.45. The van der Waals surface area contributed by atoms with Gasteiger partial charge in [-0.2, -0.15) is 0 Å². The molecule has 1 heterocycles. The van der Waals surface area contributed by atoms with Crippen LogP contribution in [0.15, 0.2) is 36.7 Å². The number of amides is 2. The molecule has 0 spiro atoms. The number of likely N-dealkylation sites (N-methyl/N-ethyl adjacent to an activating group) is 1. The summed E-state index contributed by atoms with van der Waals surface area (Å²) in [6.07, 6.45) is 3.09. The lowest BCUT2D eigenvalue weighted by Gasteiger charge is -2.18. The van der Waals surface area contributed by atoms with Gasteiger partial charge in [0, 0.05) is 25.1 Å². The summed E-state index contributed by atoms with van der Waals surface area (Å²) in [6.45, 7) is 5.92. The molecule has 0 aliphatic carbocycles. The second kappa shape index (κ2) is 7.05. The third-order valence-corrected chi connectivity index (χ3v) is 3.58. The maximum Gasteiger partial charge on any atom is 0.255 e. The van der Waals surface area contributed by atoms with Crippen molar-refractivity contribution in [1.29, 1.82) is 0 Å². The van der Waals surface area contributed by atoms with Crippen LogP contribution in [0.25, 0.3) is 0 Å². The Labute approximate surface area is 136 Å². The van der Waals surface area contributed by atoms with Crippen LogP contribution < -0.4 is 5.32 Å². The van der Waals surface area contributed by atoms with Crippen LogP contribution >= 0.6 is 0 Å². The van der Waals surface area contributed by atoms with Gasteiger partial charge in [0.15, 0.2) is 0 Å². The third-order valence-electron chi connectivity index (χ3n) is 3.58. The summed E-state index contributed by atoms with van der Waals surface area (Å²) < 4.78 is 0. The van der Waals surface area contributed by atoms with Crippen LogP contribution in [-0.2, 0) is 4.79 Å². The molecule has 0 unspecified atom stereocenters. The first-order valence-electron chi connectivity index (χ1n) is 7.41. The fraction of sp³-hybridized carbons (Fsp3) is 0.278. The first kappa shape index (κ1) is 16.7. The van der Waals surface area contributed by atoms with Crippen LogP contribution in [-0.4, -0.2) is 35.3 Å². The van der Waals surface area contributed by atoms with Gasteiger partial charge in [0.1, 0.15) is 0 Å². The van der Waals surface area contributed by atoms with E-state index in [1.165, 1.54) is 11.1 Å². The third kappa shape index (κ3) is 4.16. The highest BCUT2D eigenvalue weighted by molar-refractivity contribution is 5.99. The van der Waals surface area contributed by atoms with Gasteiger partial charge < -0.3 is 10.2 Å². The summed E-state index contributed by atoms with van der Waals surface area (Å²) in [6, 6.07) is 7.42. The van der Waals surface area contributed by atoms with E-state index in [-0.39, 0.29) is 18.4 Å². The Morgan fingerprint density at radius 1 is 1.17 bits per heavy atom. The highest BCUT2D eigenvalue weighted by Gasteiger charge is 2.16. The Hall–Kier alpha value is -2.69. The molecule has 1 aromatic carbocycles. The number of hydrogen-bond donors (Lipinski definition) is 1. The minimum absolute atomic E-state index is 0.0134. The molecule has 23 heavy (non-hydrogen) atoms. The minimum Gasteiger partial charge on any atom is -0.332 e. The van der Waals surface area contributed by atoms with Gasteiger partial charge in [0.05, 0.1) is 12.1 Å². The molecule has 0 saturated carbocycles. The molecule has 0 bridgehead atoms. The SMILES string of the molecule is Cc1cc(C)c(NC(=O)CN(C)C(=O)c2cccnc2)c(C)c1. The summed E-state index contributed by atoms with van der Waals surface area (Å²) in [4.78, 5) is 29.7. The molecule has 0 aliphatic heterocycles. The fourth-order valence-electron chi connectivity index (χ4n) is 2.55. The van der Waals surface area contributed by atoms with Gasteiger partial charge in [-0.15, -0.1) is 0 Å². The number of rotatable bonds is 4. The van der Waals surface area contributed by atoms with E-state index >= 15 is 0 Å². The number of carbonyl (C=O) groups excluding carboxylic acids is 2. The maximum absolute atomic E-state index is 12.2. The van der Waals surface area contributed by atoms with Crippen molar-refractivity contribution in [3.05, 3.63) is 58.9 Å². The van der Waals surface area contributed by atoms with Crippen molar-refractivity contribution in [2.45, 2.75) is 20.8 Å². The van der Waals surface area contributed by atoms with Crippen LogP contribution in [0.2, 0.25) is 0 Å². The lowest BCUT2D eigenvalue weighted by atomic mass is 10.1. The average molecular weight is 311 g/mol. The molecule has 5 nitrogen and oxygen atoms in total. The number of hydrogen-bond acceptors (Lipinski definition) is 3. The Balaban J connectivity index is 2.04. The number of nitrogens with one attached hydrogen (secondary N) is 1. The lowest BCUT2D eigenvalue weighted by Crippen LogP contribution is -2.35. The number of anilines is 1. The van der Waals surface area contributed by atoms with Gasteiger partial charge in [0.25, 0.3) is 5.91 Å². The number of carbonyl (C=O) groups is 2. The van der Waals surface area contributed by atoms with E-state index in [0.29, 0.717) is 5.56 Å². The topological polar surface area (TPSA) is 62.3 Å². The van der Waals surface area contributed by atoms with Crippen molar-refractivity contribution < 1.29 is 9.59 Å². The van der Waals surface area contributed by atoms with Crippen molar-refractivity contribution in [3.8, 4) is 0 Å². The zero-order valence-electron chi connectivity index (χ0n) is 13.9. The number of aryl methyl sites for hydroxylation is 3. The van der Waals surface area contributed by atoms with Crippen LogP contribution in [0.4, 0.5) is 5.69 Å². The summed E-state index contributed by atoms with van der Waals surface area (Å²) in [7, 11) is 1.60. The number of nitrogens with zero attached hydrogens (tertiary/aromatic N) is 2. The Morgan fingerprint density at radius 3 is 2.39 bits per heavy atom. The van der Waals surface area contributed by atoms with Gasteiger partial charge in [-0.1, -0.05) is 17.7 Å². The second-order valence-electron chi connectivity index (χ2n) is 5.72. The van der Waals surface area contributed by atoms with E-state index in [2.05, 4.69) is 10.3 Å². The van der Waals surface area contributed by atoms with Gasteiger partial charge in [-0.3, -0.25) is 14.6 Å². The standard InChI is InChI=1S/C18H21N3O2/c1-12-8-13(2)17(14(3)9-12)20-16(22)11-21(4)18(23)15-6-5-7-19-10-15/h5-10H,11H2,1-4H3,(H,20,22). The Morgan fingerprint density at radius 2 is 1.83 bits per heavy atom. The molecule has 0 atom stereocenters. The molecule has 0 aliphatic rings. The van der Waals surface area contributed by atoms with E-state index < -0.39 is 0 Å². The smallest absolute Gasteiger partial charge is 0.255 e. The molecule has 0 saturated heterocycles. The van der Waals surface area contributed by atoms with E-state index in [4.69, 9.17) is 0 Å². The van der Waals surface area contributed by atoms with Gasteiger partial charge in [-0.05, 0) is 44.0 Å². The predicted molar refractivity (Wildman–Crippen MR) is 90.5 cm³/mol. The van der Waals surface area contributed by atoms with Gasteiger partial charge >= 0.3 is 0 Å². The molecule has 2 amide bonds. The number of pyridine rings is 1. The molecule has 1 N–H and O–H groups in total. The highest BCUT2D eigenvalue weighted by Crippen LogP contribution is 2.21. The predicted octanol–water partition coefficient (Wildman–Crippen LogP) is 2.72. The molecule has 2 rings (SSSR count). The average Bonchev–Trinajstić information content (AvgIpc) is 2.51. The molecule has 5 heteroatoms. The van der Waals surface area contributed by atoms with E-state index in [0.717, 1.165) is 22.4 Å². The first-order chi connectivity index (χ1) is 10.9. The molecular weight excluding hydrogens is 290 g/mol. The molecular formula is C18H21N3O2. The molecule has 1 aromatic heterocycles. The summed E-state index contributed by atoms with van der Waals surface area (Å²) >= 11 is 0. The quantitative estimate of drug-likeness (QED) is 0.944. The first-order valence-corrected chi connectivity index (χ1v) is 7.41. The minimum atomic E-state index is -0.231.